The molecule has 1 aliphatic heterocycles. The number of aromatic amines is 2. The van der Waals surface area contributed by atoms with Crippen molar-refractivity contribution >= 4 is 34.1 Å². The van der Waals surface area contributed by atoms with E-state index in [0.29, 0.717) is 0 Å². The van der Waals surface area contributed by atoms with Crippen LogP contribution in [-0.4, -0.2) is 20.5 Å². The van der Waals surface area contributed by atoms with Crippen molar-refractivity contribution in [3.05, 3.63) is 249 Å². The highest BCUT2D eigenvalue weighted by atomic mass is 32.2. The first-order chi connectivity index (χ1) is 27.1. The summed E-state index contributed by atoms with van der Waals surface area (Å²) in [5, 5.41) is 4.89. The minimum Gasteiger partial charge on any atom is -0.355 e. The summed E-state index contributed by atoms with van der Waals surface area (Å²) in [5.74, 6) is 0.444. The average Bonchev–Trinajstić information content (AvgIpc) is 4.08. The molecule has 268 valence electrons. The van der Waals surface area contributed by atoms with Crippen molar-refractivity contribution < 1.29 is 0 Å². The van der Waals surface area contributed by atoms with E-state index >= 15 is 0 Å². The maximum atomic E-state index is 3.93. The zero-order valence-corrected chi connectivity index (χ0v) is 32.0. The van der Waals surface area contributed by atoms with Crippen molar-refractivity contribution in [1.82, 2.24) is 9.97 Å². The Balaban J connectivity index is 1.19. The molecule has 6 aromatic rings. The van der Waals surface area contributed by atoms with Crippen molar-refractivity contribution in [2.45, 2.75) is 24.3 Å². The van der Waals surface area contributed by atoms with Crippen molar-refractivity contribution in [1.29, 1.82) is 0 Å². The van der Waals surface area contributed by atoms with Gasteiger partial charge in [-0.1, -0.05) is 181 Å². The van der Waals surface area contributed by atoms with Gasteiger partial charge in [-0.3, -0.25) is 0 Å². The molecular weight excluding hydrogens is 685 g/mol. The molecule has 3 aliphatic rings. The van der Waals surface area contributed by atoms with Gasteiger partial charge < -0.3 is 9.97 Å². The minimum atomic E-state index is 0.140. The van der Waals surface area contributed by atoms with Crippen LogP contribution in [0.4, 0.5) is 0 Å². The zero-order chi connectivity index (χ0) is 37.1. The number of H-pyrrole nitrogens is 2. The molecule has 9 rings (SSSR count). The van der Waals surface area contributed by atoms with Gasteiger partial charge in [-0.25, -0.2) is 0 Å². The first-order valence-corrected chi connectivity index (χ1v) is 20.2. The van der Waals surface area contributed by atoms with E-state index in [2.05, 4.69) is 218 Å². The molecule has 0 fully saturated rings. The molecule has 2 nitrogen and oxygen atoms in total. The van der Waals surface area contributed by atoms with Gasteiger partial charge in [-0.2, -0.15) is 0 Å². The molecule has 0 bridgehead atoms. The van der Waals surface area contributed by atoms with Crippen LogP contribution in [-0.2, 0) is 0 Å². The number of aryl methyl sites for hydroxylation is 2. The summed E-state index contributed by atoms with van der Waals surface area (Å²) in [6.45, 7) is 4.32. The van der Waals surface area contributed by atoms with E-state index in [1.54, 1.807) is 0 Å². The van der Waals surface area contributed by atoms with Crippen LogP contribution in [0.3, 0.4) is 0 Å². The maximum absolute atomic E-state index is 3.93. The number of hydrogen-bond acceptors (Lipinski definition) is 1. The molecule has 2 unspecified atom stereocenters. The second-order valence-corrected chi connectivity index (χ2v) is 15.9. The van der Waals surface area contributed by atoms with Crippen LogP contribution in [0, 0.1) is 25.7 Å². The Hall–Kier alpha value is -6.03. The number of aromatic nitrogens is 2. The molecule has 0 saturated carbocycles. The highest BCUT2D eigenvalue weighted by molar-refractivity contribution is 8.02. The fourth-order valence-corrected chi connectivity index (χ4v) is 9.63. The van der Waals surface area contributed by atoms with Crippen LogP contribution < -0.4 is 21.4 Å². The molecule has 4 aromatic carbocycles. The fourth-order valence-electron chi connectivity index (χ4n) is 8.15. The third-order valence-corrected chi connectivity index (χ3v) is 12.3. The van der Waals surface area contributed by atoms with Gasteiger partial charge >= 0.3 is 0 Å². The van der Waals surface area contributed by atoms with E-state index in [1.165, 1.54) is 55.7 Å². The van der Waals surface area contributed by atoms with Gasteiger partial charge in [0, 0.05) is 33.2 Å². The first-order valence-electron chi connectivity index (χ1n) is 19.2. The molecular formula is C52H44N2S. The Morgan fingerprint density at radius 2 is 0.691 bits per heavy atom. The van der Waals surface area contributed by atoms with Crippen LogP contribution in [0.5, 0.6) is 0 Å². The molecule has 2 aromatic heterocycles. The number of hydrogen-bond donors (Lipinski definition) is 2. The van der Waals surface area contributed by atoms with Crippen molar-refractivity contribution in [2.75, 3.05) is 0 Å². The Bertz CT molecular complexity index is 2520. The van der Waals surface area contributed by atoms with Gasteiger partial charge in [0.15, 0.2) is 0 Å². The number of allylic oxidation sites excluding steroid dienone is 8. The predicted molar refractivity (Wildman–Crippen MR) is 233 cm³/mol. The van der Waals surface area contributed by atoms with E-state index in [0.717, 1.165) is 21.4 Å². The van der Waals surface area contributed by atoms with Gasteiger partial charge in [0.1, 0.15) is 0 Å². The topological polar surface area (TPSA) is 31.6 Å². The van der Waals surface area contributed by atoms with Crippen molar-refractivity contribution in [3.63, 3.8) is 0 Å². The lowest BCUT2D eigenvalue weighted by Crippen LogP contribution is -2.23. The normalized spacial score (nSPS) is 20.0. The summed E-state index contributed by atoms with van der Waals surface area (Å²) in [6, 6.07) is 48.7. The Morgan fingerprint density at radius 1 is 0.364 bits per heavy atom. The second kappa shape index (κ2) is 15.4. The second-order valence-electron chi connectivity index (χ2n) is 14.6. The maximum Gasteiger partial charge on any atom is 0.0513 e. The molecule has 3 heteroatoms. The van der Waals surface area contributed by atoms with Gasteiger partial charge in [0.05, 0.1) is 10.5 Å². The quantitative estimate of drug-likeness (QED) is 0.151. The van der Waals surface area contributed by atoms with E-state index in [9.17, 15) is 0 Å². The van der Waals surface area contributed by atoms with Gasteiger partial charge in [0.2, 0.25) is 0 Å². The van der Waals surface area contributed by atoms with E-state index in [-0.39, 0.29) is 22.3 Å². The number of nitrogens with one attached hydrogen (secondary N) is 2. The summed E-state index contributed by atoms with van der Waals surface area (Å²) >= 11 is 2.01. The van der Waals surface area contributed by atoms with Crippen molar-refractivity contribution in [3.8, 4) is 0 Å². The molecule has 3 heterocycles. The summed E-state index contributed by atoms with van der Waals surface area (Å²) in [5.41, 5.74) is 12.7. The molecule has 0 spiro atoms. The van der Waals surface area contributed by atoms with Gasteiger partial charge in [-0.15, -0.1) is 11.8 Å². The lowest BCUT2D eigenvalue weighted by atomic mass is 9.93. The van der Waals surface area contributed by atoms with Crippen LogP contribution >= 0.6 is 11.8 Å². The molecule has 2 atom stereocenters. The summed E-state index contributed by atoms with van der Waals surface area (Å²) in [7, 11) is 0. The SMILES string of the molecule is Cc1ccc(/C(=c2\cc/c(=C(\c3ccccc3)C3C=CC=C3)[nH]2)C2C=CC(/C(c3ccc(C)cc3)=c3\cc/c(=C(\c4ccccc4)C4C=CC=C4)[nH]3)S2)cc1. The minimum absolute atomic E-state index is 0.140. The monoisotopic (exact) mass is 728 g/mol. The lowest BCUT2D eigenvalue weighted by Gasteiger charge is -2.19. The number of rotatable bonds is 8. The highest BCUT2D eigenvalue weighted by Crippen LogP contribution is 2.41. The van der Waals surface area contributed by atoms with E-state index in [1.807, 2.05) is 11.8 Å². The third kappa shape index (κ3) is 7.16. The Kier molecular flexibility index (Phi) is 9.70. The molecule has 55 heavy (non-hydrogen) atoms. The molecule has 0 saturated heterocycles. The van der Waals surface area contributed by atoms with Gasteiger partial charge in [-0.05, 0) is 82.7 Å². The van der Waals surface area contributed by atoms with Gasteiger partial charge in [0.25, 0.3) is 0 Å². The smallest absolute Gasteiger partial charge is 0.0513 e. The van der Waals surface area contributed by atoms with Crippen LogP contribution in [0.1, 0.15) is 33.4 Å². The molecule has 2 aliphatic carbocycles. The summed E-state index contributed by atoms with van der Waals surface area (Å²) < 4.78 is 0. The Labute approximate surface area is 327 Å². The number of benzene rings is 4. The highest BCUT2D eigenvalue weighted by Gasteiger charge is 2.29. The molecule has 0 radical (unpaired) electrons. The van der Waals surface area contributed by atoms with E-state index in [4.69, 9.17) is 0 Å². The zero-order valence-electron chi connectivity index (χ0n) is 31.2. The van der Waals surface area contributed by atoms with Crippen LogP contribution in [0.15, 0.2) is 194 Å². The van der Waals surface area contributed by atoms with Crippen LogP contribution in [0.25, 0.3) is 22.3 Å². The van der Waals surface area contributed by atoms with Crippen molar-refractivity contribution in [2.24, 2.45) is 11.8 Å². The third-order valence-electron chi connectivity index (χ3n) is 10.9. The lowest BCUT2D eigenvalue weighted by molar-refractivity contribution is 1.08. The van der Waals surface area contributed by atoms with Crippen LogP contribution in [0.2, 0.25) is 0 Å². The molecule has 0 amide bonds. The largest absolute Gasteiger partial charge is 0.355 e. The summed E-state index contributed by atoms with van der Waals surface area (Å²) in [6.07, 6.45) is 22.6. The molecule has 2 N–H and O–H groups in total. The Morgan fingerprint density at radius 3 is 1.05 bits per heavy atom. The fraction of sp³-hybridized carbons (Fsp3) is 0.115. The predicted octanol–water partition coefficient (Wildman–Crippen LogP) is 8.98. The summed E-state index contributed by atoms with van der Waals surface area (Å²) in [4.78, 5) is 7.87. The number of thioether (sulfide) groups is 1. The van der Waals surface area contributed by atoms with E-state index < -0.39 is 0 Å². The average molecular weight is 729 g/mol. The first kappa shape index (κ1) is 34.7. The standard InChI is InChI=1S/C52H44N2S/c1-35-21-25-41(26-22-35)51(45-31-29-43(53-45)49(39-17-9-10-18-39)37-13-5-3-6-14-37)47-33-34-48(55-47)52(42-27-23-36(2)24-28-42)46-32-30-44(54-46)50(40-19-11-12-20-40)38-15-7-4-8-16-38/h3-34,39-40,47-48,53-54H,1-2H3/b49-43-,50-44-,51-45-,52-46+.